The Labute approximate surface area is 94.6 Å². The zero-order chi connectivity index (χ0) is 11.3. The number of hydrogen-bond donors (Lipinski definition) is 1. The molecule has 0 heterocycles. The lowest BCUT2D eigenvalue weighted by Gasteiger charge is -2.31. The van der Waals surface area contributed by atoms with Crippen molar-refractivity contribution < 1.29 is 4.74 Å². The summed E-state index contributed by atoms with van der Waals surface area (Å²) in [6, 6.07) is 0. The third kappa shape index (κ3) is 4.52. The molecule has 1 aliphatic carbocycles. The Morgan fingerprint density at radius 2 is 2.07 bits per heavy atom. The van der Waals surface area contributed by atoms with E-state index in [1.165, 1.54) is 32.1 Å². The zero-order valence-corrected chi connectivity index (χ0v) is 10.6. The molecule has 0 aromatic carbocycles. The number of hydrogen-bond acceptors (Lipinski definition) is 2. The average Bonchev–Trinajstić information content (AvgIpc) is 2.27. The van der Waals surface area contributed by atoms with Crippen molar-refractivity contribution in [3.63, 3.8) is 0 Å². The second-order valence-corrected chi connectivity index (χ2v) is 5.38. The van der Waals surface area contributed by atoms with E-state index in [-0.39, 0.29) is 5.54 Å². The van der Waals surface area contributed by atoms with Gasteiger partial charge in [0.1, 0.15) is 0 Å². The van der Waals surface area contributed by atoms with Crippen LogP contribution in [0.3, 0.4) is 0 Å². The van der Waals surface area contributed by atoms with Gasteiger partial charge >= 0.3 is 0 Å². The fourth-order valence-electron chi connectivity index (χ4n) is 2.17. The summed E-state index contributed by atoms with van der Waals surface area (Å²) in [7, 11) is 0. The smallest absolute Gasteiger partial charge is 0.0647 e. The zero-order valence-electron chi connectivity index (χ0n) is 10.6. The molecule has 2 N–H and O–H groups in total. The van der Waals surface area contributed by atoms with Gasteiger partial charge in [-0.1, -0.05) is 33.1 Å². The summed E-state index contributed by atoms with van der Waals surface area (Å²) >= 11 is 0. The van der Waals surface area contributed by atoms with Crippen molar-refractivity contribution in [2.75, 3.05) is 6.61 Å². The van der Waals surface area contributed by atoms with Gasteiger partial charge in [0.25, 0.3) is 0 Å². The minimum Gasteiger partial charge on any atom is -0.376 e. The first kappa shape index (κ1) is 13.0. The highest BCUT2D eigenvalue weighted by molar-refractivity contribution is 4.78. The largest absolute Gasteiger partial charge is 0.376 e. The molecule has 0 amide bonds. The average molecular weight is 213 g/mol. The predicted octanol–water partition coefficient (Wildman–Crippen LogP) is 3.10. The molecule has 0 radical (unpaired) electrons. The van der Waals surface area contributed by atoms with Gasteiger partial charge in [-0.05, 0) is 32.1 Å². The maximum Gasteiger partial charge on any atom is 0.0647 e. The van der Waals surface area contributed by atoms with Crippen molar-refractivity contribution in [3.05, 3.63) is 0 Å². The third-order valence-electron chi connectivity index (χ3n) is 3.77. The second kappa shape index (κ2) is 5.86. The van der Waals surface area contributed by atoms with Crippen LogP contribution in [0, 0.1) is 5.92 Å². The highest BCUT2D eigenvalue weighted by atomic mass is 16.5. The van der Waals surface area contributed by atoms with Crippen LogP contribution in [0.2, 0.25) is 0 Å². The summed E-state index contributed by atoms with van der Waals surface area (Å²) in [5.41, 5.74) is 5.94. The van der Waals surface area contributed by atoms with E-state index in [2.05, 4.69) is 20.8 Å². The van der Waals surface area contributed by atoms with Gasteiger partial charge in [-0.15, -0.1) is 0 Å². The molecule has 1 aliphatic rings. The quantitative estimate of drug-likeness (QED) is 0.761. The van der Waals surface area contributed by atoms with Crippen molar-refractivity contribution in [3.8, 4) is 0 Å². The maximum absolute atomic E-state index is 6.08. The Bertz CT molecular complexity index is 179. The van der Waals surface area contributed by atoms with E-state index < -0.39 is 0 Å². The van der Waals surface area contributed by atoms with Gasteiger partial charge in [0, 0.05) is 5.54 Å². The molecule has 1 saturated carbocycles. The van der Waals surface area contributed by atoms with E-state index in [1.54, 1.807) is 0 Å². The van der Waals surface area contributed by atoms with E-state index in [1.807, 2.05) is 0 Å². The lowest BCUT2D eigenvalue weighted by Crippen LogP contribution is -2.42. The summed E-state index contributed by atoms with van der Waals surface area (Å²) in [5.74, 6) is 0.884. The maximum atomic E-state index is 6.08. The fraction of sp³-hybridized carbons (Fsp3) is 1.00. The molecule has 0 aromatic rings. The molecule has 90 valence electrons. The van der Waals surface area contributed by atoms with Crippen molar-refractivity contribution in [1.29, 1.82) is 0 Å². The van der Waals surface area contributed by atoms with Crippen LogP contribution in [0.25, 0.3) is 0 Å². The molecular weight excluding hydrogens is 186 g/mol. The van der Waals surface area contributed by atoms with E-state index in [4.69, 9.17) is 10.5 Å². The molecule has 2 heteroatoms. The monoisotopic (exact) mass is 213 g/mol. The van der Waals surface area contributed by atoms with E-state index in [9.17, 15) is 0 Å². The molecular formula is C13H27NO. The number of nitrogens with two attached hydrogens (primary N) is 1. The molecule has 0 saturated heterocycles. The van der Waals surface area contributed by atoms with Crippen molar-refractivity contribution >= 4 is 0 Å². The summed E-state index contributed by atoms with van der Waals surface area (Å²) < 4.78 is 5.95. The molecule has 3 atom stereocenters. The number of ether oxygens (including phenoxy) is 1. The topological polar surface area (TPSA) is 35.2 Å². The highest BCUT2D eigenvalue weighted by Crippen LogP contribution is 2.28. The van der Waals surface area contributed by atoms with Crippen LogP contribution in [0.1, 0.15) is 59.3 Å². The fourth-order valence-corrected chi connectivity index (χ4v) is 2.17. The molecule has 3 unspecified atom stereocenters. The molecule has 15 heavy (non-hydrogen) atoms. The van der Waals surface area contributed by atoms with Crippen LogP contribution in [-0.2, 0) is 4.74 Å². The SMILES string of the molecule is CCC1CCCC(OCC(C)(N)CC)C1. The minimum absolute atomic E-state index is 0.140. The van der Waals surface area contributed by atoms with Crippen LogP contribution in [0.15, 0.2) is 0 Å². The molecule has 2 nitrogen and oxygen atoms in total. The van der Waals surface area contributed by atoms with E-state index in [0.717, 1.165) is 12.3 Å². The standard InChI is InChI=1S/C13H27NO/c1-4-11-7-6-8-12(9-11)15-10-13(3,14)5-2/h11-12H,4-10,14H2,1-3H3. The van der Waals surface area contributed by atoms with Gasteiger partial charge < -0.3 is 10.5 Å². The van der Waals surface area contributed by atoms with Crippen LogP contribution in [0.5, 0.6) is 0 Å². The molecule has 0 aliphatic heterocycles. The third-order valence-corrected chi connectivity index (χ3v) is 3.77. The van der Waals surface area contributed by atoms with Gasteiger partial charge in [0.2, 0.25) is 0 Å². The predicted molar refractivity (Wildman–Crippen MR) is 64.9 cm³/mol. The van der Waals surface area contributed by atoms with Crippen LogP contribution < -0.4 is 5.73 Å². The molecule has 1 rings (SSSR count). The lowest BCUT2D eigenvalue weighted by molar-refractivity contribution is -0.0102. The Morgan fingerprint density at radius 1 is 1.33 bits per heavy atom. The summed E-state index contributed by atoms with van der Waals surface area (Å²) in [4.78, 5) is 0. The second-order valence-electron chi connectivity index (χ2n) is 5.38. The van der Waals surface area contributed by atoms with E-state index >= 15 is 0 Å². The summed E-state index contributed by atoms with van der Waals surface area (Å²) in [6.07, 6.45) is 7.95. The minimum atomic E-state index is -0.140. The lowest BCUT2D eigenvalue weighted by atomic mass is 9.85. The van der Waals surface area contributed by atoms with Crippen molar-refractivity contribution in [2.24, 2.45) is 11.7 Å². The molecule has 0 bridgehead atoms. The van der Waals surface area contributed by atoms with Crippen LogP contribution in [-0.4, -0.2) is 18.2 Å². The summed E-state index contributed by atoms with van der Waals surface area (Å²) in [6.45, 7) is 7.20. The van der Waals surface area contributed by atoms with Gasteiger partial charge in [-0.3, -0.25) is 0 Å². The van der Waals surface area contributed by atoms with Gasteiger partial charge in [-0.2, -0.15) is 0 Å². The van der Waals surface area contributed by atoms with E-state index in [0.29, 0.717) is 12.7 Å². The number of rotatable bonds is 5. The van der Waals surface area contributed by atoms with Crippen molar-refractivity contribution in [2.45, 2.75) is 70.9 Å². The highest BCUT2D eigenvalue weighted by Gasteiger charge is 2.24. The first-order chi connectivity index (χ1) is 7.07. The Morgan fingerprint density at radius 3 is 2.67 bits per heavy atom. The Kier molecular flexibility index (Phi) is 5.07. The summed E-state index contributed by atoms with van der Waals surface area (Å²) in [5, 5.41) is 0. The first-order valence-electron chi connectivity index (χ1n) is 6.48. The van der Waals surface area contributed by atoms with Gasteiger partial charge in [-0.25, -0.2) is 0 Å². The normalized spacial score (nSPS) is 31.2. The Hall–Kier alpha value is -0.0800. The van der Waals surface area contributed by atoms with Gasteiger partial charge in [0.05, 0.1) is 12.7 Å². The molecule has 0 aromatic heterocycles. The molecule has 1 fully saturated rings. The van der Waals surface area contributed by atoms with Crippen molar-refractivity contribution in [1.82, 2.24) is 0 Å². The first-order valence-corrected chi connectivity index (χ1v) is 6.48. The molecule has 0 spiro atoms. The van der Waals surface area contributed by atoms with Crippen LogP contribution >= 0.6 is 0 Å². The Balaban J connectivity index is 2.26. The van der Waals surface area contributed by atoms with Gasteiger partial charge in [0.15, 0.2) is 0 Å². The van der Waals surface area contributed by atoms with Crippen LogP contribution in [0.4, 0.5) is 0 Å².